The predicted octanol–water partition coefficient (Wildman–Crippen LogP) is 7.39. The average molecular weight is 507 g/mol. The molecule has 170 valence electrons. The number of azo groups is 1. The fourth-order valence-electron chi connectivity index (χ4n) is 3.27. The van der Waals surface area contributed by atoms with Crippen LogP contribution in [0.15, 0.2) is 97.0 Å². The van der Waals surface area contributed by atoms with Gasteiger partial charge in [0.25, 0.3) is 0 Å². The Morgan fingerprint density at radius 1 is 0.971 bits per heavy atom. The van der Waals surface area contributed by atoms with Crippen LogP contribution in [0.3, 0.4) is 0 Å². The van der Waals surface area contributed by atoms with Gasteiger partial charge in [-0.15, -0.1) is 15.3 Å². The number of thiazole rings is 1. The van der Waals surface area contributed by atoms with Crippen molar-refractivity contribution < 1.29 is 5.11 Å². The SMILES string of the molecule is CC(=NN=c1sc(N=Nc2cccc(Cl)c2)c(O)n1C)c1ccc2c(c1)Nc1ccccc1S2. The van der Waals surface area contributed by atoms with Crippen molar-refractivity contribution in [3.8, 4) is 5.88 Å². The molecule has 2 N–H and O–H groups in total. The van der Waals surface area contributed by atoms with Gasteiger partial charge in [0.05, 0.1) is 22.8 Å². The Labute approximate surface area is 209 Å². The Balaban J connectivity index is 1.40. The number of nitrogens with one attached hydrogen (secondary N) is 1. The largest absolute Gasteiger partial charge is 0.492 e. The fraction of sp³-hybridized carbons (Fsp3) is 0.0833. The van der Waals surface area contributed by atoms with Gasteiger partial charge in [-0.1, -0.05) is 59.0 Å². The first-order valence-corrected chi connectivity index (χ1v) is 12.3. The van der Waals surface area contributed by atoms with Gasteiger partial charge in [-0.3, -0.25) is 4.57 Å². The second-order valence-electron chi connectivity index (χ2n) is 7.47. The topological polar surface area (TPSA) is 86.6 Å². The van der Waals surface area contributed by atoms with Crippen molar-refractivity contribution >= 4 is 62.5 Å². The van der Waals surface area contributed by atoms with Gasteiger partial charge in [-0.25, -0.2) is 0 Å². The minimum atomic E-state index is -0.0314. The molecule has 1 aliphatic heterocycles. The zero-order chi connectivity index (χ0) is 23.7. The highest BCUT2D eigenvalue weighted by molar-refractivity contribution is 7.99. The number of hydrogen-bond acceptors (Lipinski definition) is 8. The summed E-state index contributed by atoms with van der Waals surface area (Å²) in [4.78, 5) is 2.87. The van der Waals surface area contributed by atoms with E-state index in [1.165, 1.54) is 20.8 Å². The molecule has 1 aliphatic rings. The molecule has 0 bridgehead atoms. The van der Waals surface area contributed by atoms with Gasteiger partial charge in [0, 0.05) is 21.9 Å². The Hall–Kier alpha value is -3.40. The van der Waals surface area contributed by atoms with Crippen molar-refractivity contribution in [3.05, 3.63) is 82.1 Å². The van der Waals surface area contributed by atoms with Gasteiger partial charge < -0.3 is 10.4 Å². The zero-order valence-corrected chi connectivity index (χ0v) is 20.6. The first-order chi connectivity index (χ1) is 16.5. The number of benzene rings is 3. The molecular weight excluding hydrogens is 488 g/mol. The number of halogens is 1. The van der Waals surface area contributed by atoms with Crippen LogP contribution in [-0.4, -0.2) is 15.4 Å². The lowest BCUT2D eigenvalue weighted by Gasteiger charge is -2.21. The smallest absolute Gasteiger partial charge is 0.232 e. The van der Waals surface area contributed by atoms with Crippen molar-refractivity contribution in [3.63, 3.8) is 0 Å². The van der Waals surface area contributed by atoms with Crippen molar-refractivity contribution in [1.29, 1.82) is 0 Å². The van der Waals surface area contributed by atoms with Crippen molar-refractivity contribution in [2.45, 2.75) is 16.7 Å². The maximum absolute atomic E-state index is 10.4. The second kappa shape index (κ2) is 9.46. The van der Waals surface area contributed by atoms with Crippen LogP contribution in [0.25, 0.3) is 0 Å². The minimum Gasteiger partial charge on any atom is -0.492 e. The third-order valence-electron chi connectivity index (χ3n) is 5.11. The number of anilines is 2. The molecular formula is C24H19ClN6OS2. The maximum atomic E-state index is 10.4. The van der Waals surface area contributed by atoms with Gasteiger partial charge in [0.1, 0.15) is 0 Å². The summed E-state index contributed by atoms with van der Waals surface area (Å²) in [7, 11) is 1.70. The first-order valence-electron chi connectivity index (χ1n) is 10.3. The number of nitrogens with zero attached hydrogens (tertiary/aromatic N) is 5. The van der Waals surface area contributed by atoms with Crippen LogP contribution < -0.4 is 10.1 Å². The second-order valence-corrected chi connectivity index (χ2v) is 9.95. The molecule has 4 aromatic rings. The monoisotopic (exact) mass is 506 g/mol. The van der Waals surface area contributed by atoms with E-state index in [2.05, 4.69) is 50.0 Å². The summed E-state index contributed by atoms with van der Waals surface area (Å²) in [5.74, 6) is -0.0314. The first kappa shape index (κ1) is 22.4. The maximum Gasteiger partial charge on any atom is 0.232 e. The average Bonchev–Trinajstić information content (AvgIpc) is 3.12. The fourth-order valence-corrected chi connectivity index (χ4v) is 5.21. The molecule has 0 atom stereocenters. The standard InChI is InChI=1S/C24H19ClN6OS2/c1-14(15-10-11-21-19(12-15)26-18-8-3-4-9-20(18)33-21)27-30-24-31(2)23(32)22(34-24)29-28-17-7-5-6-16(25)13-17/h3-13,26,32H,1-2H3. The summed E-state index contributed by atoms with van der Waals surface area (Å²) in [6, 6.07) is 21.5. The Morgan fingerprint density at radius 3 is 2.65 bits per heavy atom. The highest BCUT2D eigenvalue weighted by Gasteiger charge is 2.16. The van der Waals surface area contributed by atoms with Crippen LogP contribution in [0.5, 0.6) is 5.88 Å². The summed E-state index contributed by atoms with van der Waals surface area (Å²) in [5, 5.41) is 31.8. The zero-order valence-electron chi connectivity index (χ0n) is 18.2. The van der Waals surface area contributed by atoms with Gasteiger partial charge >= 0.3 is 0 Å². The van der Waals surface area contributed by atoms with E-state index in [0.717, 1.165) is 27.5 Å². The third-order valence-corrected chi connectivity index (χ3v) is 7.49. The van der Waals surface area contributed by atoms with Crippen LogP contribution in [-0.2, 0) is 7.05 Å². The summed E-state index contributed by atoms with van der Waals surface area (Å²) in [5.41, 5.74) is 4.44. The quantitative estimate of drug-likeness (QED) is 0.151. The molecule has 1 aromatic heterocycles. The van der Waals surface area contributed by atoms with E-state index in [4.69, 9.17) is 11.6 Å². The molecule has 0 fully saturated rings. The van der Waals surface area contributed by atoms with E-state index < -0.39 is 0 Å². The van der Waals surface area contributed by atoms with E-state index in [-0.39, 0.29) is 5.88 Å². The predicted molar refractivity (Wildman–Crippen MR) is 139 cm³/mol. The van der Waals surface area contributed by atoms with Gasteiger partial charge in [-0.05, 0) is 55.0 Å². The van der Waals surface area contributed by atoms with Crippen molar-refractivity contribution in [2.75, 3.05) is 5.32 Å². The van der Waals surface area contributed by atoms with Crippen LogP contribution in [0, 0.1) is 0 Å². The molecule has 0 amide bonds. The molecule has 7 nitrogen and oxygen atoms in total. The van der Waals surface area contributed by atoms with E-state index in [9.17, 15) is 5.11 Å². The molecule has 0 aliphatic carbocycles. The van der Waals surface area contributed by atoms with Crippen molar-refractivity contribution in [2.24, 2.45) is 27.5 Å². The summed E-state index contributed by atoms with van der Waals surface area (Å²) in [6.45, 7) is 1.91. The summed E-state index contributed by atoms with van der Waals surface area (Å²) in [6.07, 6.45) is 0. The number of para-hydroxylation sites is 1. The molecule has 5 rings (SSSR count). The molecule has 2 heterocycles. The van der Waals surface area contributed by atoms with E-state index >= 15 is 0 Å². The van der Waals surface area contributed by atoms with E-state index in [1.807, 2.05) is 25.1 Å². The van der Waals surface area contributed by atoms with Crippen molar-refractivity contribution in [1.82, 2.24) is 4.57 Å². The molecule has 0 unspecified atom stereocenters. The van der Waals surface area contributed by atoms with Crippen LogP contribution in [0.4, 0.5) is 22.1 Å². The molecule has 3 aromatic carbocycles. The Kier molecular flexibility index (Phi) is 6.23. The normalized spacial score (nSPS) is 13.6. The lowest BCUT2D eigenvalue weighted by atomic mass is 10.1. The van der Waals surface area contributed by atoms with Crippen LogP contribution in [0.1, 0.15) is 12.5 Å². The summed E-state index contributed by atoms with van der Waals surface area (Å²) >= 11 is 8.92. The number of fused-ring (bicyclic) bond motifs is 2. The van der Waals surface area contributed by atoms with E-state index in [0.29, 0.717) is 20.5 Å². The lowest BCUT2D eigenvalue weighted by Crippen LogP contribution is -2.09. The molecule has 34 heavy (non-hydrogen) atoms. The Bertz CT molecular complexity index is 1520. The van der Waals surface area contributed by atoms with Gasteiger partial charge in [-0.2, -0.15) is 5.10 Å². The van der Waals surface area contributed by atoms with Crippen LogP contribution in [0.2, 0.25) is 5.02 Å². The summed E-state index contributed by atoms with van der Waals surface area (Å²) < 4.78 is 1.52. The molecule has 0 saturated carbocycles. The molecule has 10 heteroatoms. The molecule has 0 saturated heterocycles. The minimum absolute atomic E-state index is 0.0314. The number of rotatable bonds is 4. The van der Waals surface area contributed by atoms with E-state index in [1.54, 1.807) is 43.1 Å². The lowest BCUT2D eigenvalue weighted by molar-refractivity contribution is 0.429. The number of aromatic nitrogens is 1. The Morgan fingerprint density at radius 2 is 1.79 bits per heavy atom. The number of hydrogen-bond donors (Lipinski definition) is 2. The van der Waals surface area contributed by atoms with Gasteiger partial charge in [0.15, 0.2) is 0 Å². The molecule has 0 spiro atoms. The molecule has 0 radical (unpaired) electrons. The third kappa shape index (κ3) is 4.63. The highest BCUT2D eigenvalue weighted by atomic mass is 35.5. The highest BCUT2D eigenvalue weighted by Crippen LogP contribution is 2.44. The van der Waals surface area contributed by atoms with Crippen LogP contribution >= 0.6 is 34.7 Å². The van der Waals surface area contributed by atoms with Gasteiger partial charge in [0.2, 0.25) is 15.7 Å². The number of aromatic hydroxyl groups is 1.